The minimum atomic E-state index is -0.929. The Hall–Kier alpha value is -3.73. The van der Waals surface area contributed by atoms with Gasteiger partial charge in [-0.25, -0.2) is 9.79 Å². The van der Waals surface area contributed by atoms with E-state index in [1.165, 1.54) is 4.90 Å². The maximum atomic E-state index is 12.6. The molecule has 2 fully saturated rings. The lowest BCUT2D eigenvalue weighted by Gasteiger charge is -2.35. The van der Waals surface area contributed by atoms with E-state index in [1.54, 1.807) is 61.7 Å². The van der Waals surface area contributed by atoms with Crippen LogP contribution in [0.4, 0.5) is 4.79 Å². The molecular formula is C21H25N5O6. The molecule has 2 aliphatic heterocycles. The van der Waals surface area contributed by atoms with Gasteiger partial charge in [0.1, 0.15) is 42.7 Å². The SMILES string of the molecule is COc1ccc(OCC(O)CN2C(=NCc3ccco3)NC3C2C(=O)NC(=O)N3C)cc1. The van der Waals surface area contributed by atoms with E-state index >= 15 is 0 Å². The predicted octanol–water partition coefficient (Wildman–Crippen LogP) is 0.366. The molecule has 2 saturated heterocycles. The van der Waals surface area contributed by atoms with Gasteiger partial charge in [0.15, 0.2) is 12.0 Å². The Morgan fingerprint density at radius 3 is 2.66 bits per heavy atom. The Kier molecular flexibility index (Phi) is 6.17. The number of amides is 3. The maximum Gasteiger partial charge on any atom is 0.325 e. The smallest absolute Gasteiger partial charge is 0.325 e. The number of imide groups is 1. The highest BCUT2D eigenvalue weighted by atomic mass is 16.5. The van der Waals surface area contributed by atoms with Crippen LogP contribution >= 0.6 is 0 Å². The molecule has 4 rings (SSSR count). The van der Waals surface area contributed by atoms with Crippen LogP contribution in [0.2, 0.25) is 0 Å². The van der Waals surface area contributed by atoms with Crippen molar-refractivity contribution >= 4 is 17.9 Å². The van der Waals surface area contributed by atoms with Gasteiger partial charge in [-0.05, 0) is 36.4 Å². The molecule has 0 radical (unpaired) electrons. The molecule has 2 aromatic rings. The molecule has 2 aliphatic rings. The summed E-state index contributed by atoms with van der Waals surface area (Å²) in [5.74, 6) is 1.85. The normalized spacial score (nSPS) is 22.4. The Labute approximate surface area is 184 Å². The fraction of sp³-hybridized carbons (Fsp3) is 0.381. The number of urea groups is 1. The van der Waals surface area contributed by atoms with E-state index in [2.05, 4.69) is 15.6 Å². The number of methoxy groups -OCH3 is 1. The van der Waals surface area contributed by atoms with Gasteiger partial charge < -0.3 is 34.1 Å². The van der Waals surface area contributed by atoms with E-state index in [4.69, 9.17) is 13.9 Å². The first-order valence-corrected chi connectivity index (χ1v) is 10.1. The van der Waals surface area contributed by atoms with Crippen molar-refractivity contribution in [2.24, 2.45) is 4.99 Å². The number of aliphatic hydroxyl groups excluding tert-OH is 1. The number of nitrogens with zero attached hydrogens (tertiary/aromatic N) is 3. The highest BCUT2D eigenvalue weighted by Gasteiger charge is 2.50. The highest BCUT2D eigenvalue weighted by molar-refractivity contribution is 6.04. The number of β-amino-alcohol motifs (C(OH)–C–C–N with tert-alkyl or cyclic N) is 1. The number of guanidine groups is 1. The zero-order chi connectivity index (χ0) is 22.7. The number of rotatable bonds is 8. The summed E-state index contributed by atoms with van der Waals surface area (Å²) in [6, 6.07) is 9.30. The molecule has 1 aromatic heterocycles. The first-order valence-electron chi connectivity index (χ1n) is 10.1. The van der Waals surface area contributed by atoms with Crippen molar-refractivity contribution in [3.05, 3.63) is 48.4 Å². The molecule has 1 aromatic carbocycles. The summed E-state index contributed by atoms with van der Waals surface area (Å²) < 4.78 is 16.1. The van der Waals surface area contributed by atoms with Gasteiger partial charge in [-0.15, -0.1) is 0 Å². The minimum Gasteiger partial charge on any atom is -0.497 e. The molecule has 3 heterocycles. The van der Waals surface area contributed by atoms with E-state index in [9.17, 15) is 14.7 Å². The van der Waals surface area contributed by atoms with Crippen LogP contribution in [0.15, 0.2) is 52.1 Å². The van der Waals surface area contributed by atoms with Crippen molar-refractivity contribution in [1.82, 2.24) is 20.4 Å². The number of hydrogen-bond acceptors (Lipinski definition) is 7. The van der Waals surface area contributed by atoms with E-state index < -0.39 is 30.2 Å². The van der Waals surface area contributed by atoms with Crippen LogP contribution < -0.4 is 20.1 Å². The van der Waals surface area contributed by atoms with Gasteiger partial charge >= 0.3 is 6.03 Å². The molecule has 3 amide bonds. The topological polar surface area (TPSA) is 129 Å². The Morgan fingerprint density at radius 2 is 1.97 bits per heavy atom. The number of carbonyl (C=O) groups is 2. The number of benzene rings is 1. The van der Waals surface area contributed by atoms with Gasteiger partial charge in [0.2, 0.25) is 0 Å². The van der Waals surface area contributed by atoms with Crippen LogP contribution in [0.3, 0.4) is 0 Å². The van der Waals surface area contributed by atoms with Gasteiger partial charge in [0, 0.05) is 7.05 Å². The third kappa shape index (κ3) is 4.47. The van der Waals surface area contributed by atoms with Crippen LogP contribution in [-0.4, -0.2) is 78.4 Å². The van der Waals surface area contributed by atoms with Gasteiger partial charge in [-0.2, -0.15) is 0 Å². The molecule has 0 bridgehead atoms. The molecule has 3 unspecified atom stereocenters. The highest BCUT2D eigenvalue weighted by Crippen LogP contribution is 2.22. The molecule has 0 saturated carbocycles. The maximum absolute atomic E-state index is 12.6. The van der Waals surface area contributed by atoms with Gasteiger partial charge in [-0.1, -0.05) is 0 Å². The first-order chi connectivity index (χ1) is 15.5. The molecule has 11 nitrogen and oxygen atoms in total. The van der Waals surface area contributed by atoms with E-state index in [1.807, 2.05) is 0 Å². The fourth-order valence-electron chi connectivity index (χ4n) is 3.62. The van der Waals surface area contributed by atoms with Crippen LogP contribution in [0.25, 0.3) is 0 Å². The number of aliphatic hydroxyl groups is 1. The van der Waals surface area contributed by atoms with E-state index in [0.29, 0.717) is 23.2 Å². The fourth-order valence-corrected chi connectivity index (χ4v) is 3.62. The standard InChI is InChI=1S/C21H25N5O6/c1-25-18-17(19(28)24-21(25)29)26(20(23-18)22-10-16-4-3-9-31-16)11-13(27)12-32-15-7-5-14(30-2)6-8-15/h3-9,13,17-18,27H,10-12H2,1-2H3,(H,22,23)(H,24,28,29). The molecule has 3 atom stereocenters. The number of likely N-dealkylation sites (N-methyl/N-ethyl adjacent to an activating group) is 1. The third-order valence-corrected chi connectivity index (χ3v) is 5.29. The van der Waals surface area contributed by atoms with Crippen molar-refractivity contribution in [3.63, 3.8) is 0 Å². The molecular weight excluding hydrogens is 418 g/mol. The number of hydrogen-bond donors (Lipinski definition) is 3. The predicted molar refractivity (Wildman–Crippen MR) is 113 cm³/mol. The van der Waals surface area contributed by atoms with E-state index in [0.717, 1.165) is 0 Å². The summed E-state index contributed by atoms with van der Waals surface area (Å²) in [7, 11) is 3.16. The number of aliphatic imine (C=N–C) groups is 1. The molecule has 0 spiro atoms. The third-order valence-electron chi connectivity index (χ3n) is 5.29. The molecule has 170 valence electrons. The number of ether oxygens (including phenoxy) is 2. The van der Waals surface area contributed by atoms with Gasteiger partial charge in [-0.3, -0.25) is 10.1 Å². The molecule has 0 aliphatic carbocycles. The average Bonchev–Trinajstić information content (AvgIpc) is 3.43. The number of carbonyl (C=O) groups excluding carboxylic acids is 2. The zero-order valence-electron chi connectivity index (χ0n) is 17.7. The Balaban J connectivity index is 1.47. The van der Waals surface area contributed by atoms with Crippen molar-refractivity contribution in [1.29, 1.82) is 0 Å². The number of nitrogens with one attached hydrogen (secondary N) is 2. The van der Waals surface area contributed by atoms with Crippen LogP contribution in [0.5, 0.6) is 11.5 Å². The largest absolute Gasteiger partial charge is 0.497 e. The Bertz CT molecular complexity index is 977. The lowest BCUT2D eigenvalue weighted by atomic mass is 10.1. The minimum absolute atomic E-state index is 0.00205. The van der Waals surface area contributed by atoms with Gasteiger partial charge in [0.25, 0.3) is 5.91 Å². The van der Waals surface area contributed by atoms with Crippen LogP contribution in [-0.2, 0) is 11.3 Å². The summed E-state index contributed by atoms with van der Waals surface area (Å²) in [4.78, 5) is 32.2. The average molecular weight is 443 g/mol. The summed E-state index contributed by atoms with van der Waals surface area (Å²) in [6.07, 6.45) is 0.0125. The lowest BCUT2D eigenvalue weighted by molar-refractivity contribution is -0.127. The van der Waals surface area contributed by atoms with Crippen molar-refractivity contribution < 1.29 is 28.6 Å². The number of fused-ring (bicyclic) bond motifs is 1. The zero-order valence-corrected chi connectivity index (χ0v) is 17.7. The summed E-state index contributed by atoms with van der Waals surface area (Å²) in [5, 5.41) is 16.1. The quantitative estimate of drug-likeness (QED) is 0.534. The van der Waals surface area contributed by atoms with Crippen molar-refractivity contribution in [2.45, 2.75) is 24.9 Å². The van der Waals surface area contributed by atoms with E-state index in [-0.39, 0.29) is 19.7 Å². The second-order valence-corrected chi connectivity index (χ2v) is 7.45. The number of furan rings is 1. The summed E-state index contributed by atoms with van der Waals surface area (Å²) in [5.41, 5.74) is 0. The monoisotopic (exact) mass is 443 g/mol. The lowest BCUT2D eigenvalue weighted by Crippen LogP contribution is -2.65. The van der Waals surface area contributed by atoms with Gasteiger partial charge in [0.05, 0.1) is 19.9 Å². The van der Waals surface area contributed by atoms with Crippen LogP contribution in [0.1, 0.15) is 5.76 Å². The second-order valence-electron chi connectivity index (χ2n) is 7.45. The first kappa shape index (κ1) is 21.5. The van der Waals surface area contributed by atoms with Crippen molar-refractivity contribution in [3.8, 4) is 11.5 Å². The summed E-state index contributed by atoms with van der Waals surface area (Å²) >= 11 is 0. The molecule has 3 N–H and O–H groups in total. The Morgan fingerprint density at radius 1 is 1.22 bits per heavy atom. The second kappa shape index (κ2) is 9.18. The van der Waals surface area contributed by atoms with Crippen LogP contribution in [0, 0.1) is 0 Å². The summed E-state index contributed by atoms with van der Waals surface area (Å²) in [6.45, 7) is 0.307. The molecule has 11 heteroatoms. The molecule has 32 heavy (non-hydrogen) atoms. The van der Waals surface area contributed by atoms with Crippen molar-refractivity contribution in [2.75, 3.05) is 27.3 Å².